The van der Waals surface area contributed by atoms with E-state index in [1.807, 2.05) is 31.2 Å². The number of benzene rings is 1. The van der Waals surface area contributed by atoms with Crippen LogP contribution in [0.4, 0.5) is 5.13 Å². The molecule has 0 bridgehead atoms. The molecular formula is C21H20BrN3O4S. The van der Waals surface area contributed by atoms with E-state index in [0.29, 0.717) is 23.5 Å². The Morgan fingerprint density at radius 3 is 2.80 bits per heavy atom. The van der Waals surface area contributed by atoms with Crippen molar-refractivity contribution in [2.24, 2.45) is 5.92 Å². The maximum Gasteiger partial charge on any atom is 0.296 e. The molecule has 5 rings (SSSR count). The molecule has 3 heterocycles. The first-order valence-electron chi connectivity index (χ1n) is 9.85. The van der Waals surface area contributed by atoms with E-state index in [0.717, 1.165) is 21.5 Å². The number of ketones is 1. The molecule has 0 spiro atoms. The summed E-state index contributed by atoms with van der Waals surface area (Å²) in [5, 5.41) is 9.48. The summed E-state index contributed by atoms with van der Waals surface area (Å²) in [5.74, 6) is -0.445. The fraction of sp³-hybridized carbons (Fsp3) is 0.429. The number of aromatic nitrogens is 2. The number of rotatable bonds is 3. The second kappa shape index (κ2) is 7.55. The minimum atomic E-state index is -0.578. The first kappa shape index (κ1) is 19.8. The van der Waals surface area contributed by atoms with Gasteiger partial charge in [-0.15, -0.1) is 10.2 Å². The van der Waals surface area contributed by atoms with Crippen molar-refractivity contribution < 1.29 is 19.1 Å². The van der Waals surface area contributed by atoms with Gasteiger partial charge in [0.2, 0.25) is 5.13 Å². The van der Waals surface area contributed by atoms with Crippen LogP contribution in [-0.2, 0) is 19.1 Å². The van der Waals surface area contributed by atoms with Crippen molar-refractivity contribution in [3.63, 3.8) is 0 Å². The van der Waals surface area contributed by atoms with Gasteiger partial charge in [0.25, 0.3) is 5.91 Å². The predicted octanol–water partition coefficient (Wildman–Crippen LogP) is 3.73. The number of carbonyl (C=O) groups excluding carboxylic acids is 2. The normalized spacial score (nSPS) is 28.4. The summed E-state index contributed by atoms with van der Waals surface area (Å²) in [6.45, 7) is 1.84. The Morgan fingerprint density at radius 2 is 2.10 bits per heavy atom. The highest BCUT2D eigenvalue weighted by atomic mass is 79.9. The molecule has 1 aliphatic carbocycles. The third-order valence-corrected chi connectivity index (χ3v) is 7.35. The third kappa shape index (κ3) is 3.11. The highest BCUT2D eigenvalue weighted by Gasteiger charge is 2.54. The fourth-order valence-electron chi connectivity index (χ4n) is 4.62. The van der Waals surface area contributed by atoms with E-state index in [1.165, 1.54) is 11.3 Å². The van der Waals surface area contributed by atoms with E-state index >= 15 is 0 Å². The number of methoxy groups -OCH3 is 1. The zero-order chi connectivity index (χ0) is 21.0. The quantitative estimate of drug-likeness (QED) is 0.653. The van der Waals surface area contributed by atoms with E-state index in [2.05, 4.69) is 26.1 Å². The Labute approximate surface area is 186 Å². The standard InChI is InChI=1S/C21H20BrN3O4S/c1-10-23-24-21(30-10)25-17(11-4-3-5-12(22)8-11)16-18(26)14-7-6-13(28-2)9-15(14)29-19(16)20(25)27/h3-5,8,13-15,17H,6-7,9H2,1-2H3. The molecule has 0 saturated heterocycles. The number of amides is 1. The van der Waals surface area contributed by atoms with Crippen molar-refractivity contribution in [1.29, 1.82) is 0 Å². The van der Waals surface area contributed by atoms with Crippen molar-refractivity contribution in [1.82, 2.24) is 10.2 Å². The zero-order valence-corrected chi connectivity index (χ0v) is 18.9. The molecule has 3 aliphatic rings. The van der Waals surface area contributed by atoms with Crippen LogP contribution < -0.4 is 4.90 Å². The van der Waals surface area contributed by atoms with Crippen LogP contribution in [0.2, 0.25) is 0 Å². The molecule has 1 amide bonds. The first-order valence-corrected chi connectivity index (χ1v) is 11.5. The lowest BCUT2D eigenvalue weighted by molar-refractivity contribution is -0.135. The van der Waals surface area contributed by atoms with E-state index in [1.54, 1.807) is 12.0 Å². The topological polar surface area (TPSA) is 81.6 Å². The maximum atomic E-state index is 13.6. The number of ether oxygens (including phenoxy) is 2. The van der Waals surface area contributed by atoms with Gasteiger partial charge in [-0.05, 0) is 37.5 Å². The van der Waals surface area contributed by atoms with Crippen LogP contribution in [0, 0.1) is 12.8 Å². The van der Waals surface area contributed by atoms with Crippen molar-refractivity contribution in [2.45, 2.75) is 44.4 Å². The smallest absolute Gasteiger partial charge is 0.296 e. The van der Waals surface area contributed by atoms with Crippen LogP contribution in [0.15, 0.2) is 40.1 Å². The molecule has 4 atom stereocenters. The summed E-state index contributed by atoms with van der Waals surface area (Å²) in [5.41, 5.74) is 1.26. The zero-order valence-electron chi connectivity index (χ0n) is 16.5. The van der Waals surface area contributed by atoms with Gasteiger partial charge in [0, 0.05) is 18.0 Å². The average molecular weight is 490 g/mol. The number of carbonyl (C=O) groups is 2. The van der Waals surface area contributed by atoms with Crippen molar-refractivity contribution in [3.05, 3.63) is 50.6 Å². The Hall–Kier alpha value is -2.10. The number of aryl methyl sites for hydroxylation is 1. The molecule has 7 nitrogen and oxygen atoms in total. The minimum absolute atomic E-state index is 0.00198. The molecule has 1 saturated carbocycles. The third-order valence-electron chi connectivity index (χ3n) is 6.02. The molecule has 30 heavy (non-hydrogen) atoms. The predicted molar refractivity (Wildman–Crippen MR) is 114 cm³/mol. The molecule has 2 aromatic rings. The van der Waals surface area contributed by atoms with Crippen LogP contribution in [0.5, 0.6) is 0 Å². The average Bonchev–Trinajstić information content (AvgIpc) is 3.29. The molecule has 156 valence electrons. The van der Waals surface area contributed by atoms with Crippen LogP contribution in [-0.4, -0.2) is 41.2 Å². The molecular weight excluding hydrogens is 470 g/mol. The molecule has 0 N–H and O–H groups in total. The summed E-state index contributed by atoms with van der Waals surface area (Å²) in [6.07, 6.45) is 1.81. The van der Waals surface area contributed by atoms with Gasteiger partial charge >= 0.3 is 0 Å². The van der Waals surface area contributed by atoms with E-state index < -0.39 is 6.04 Å². The molecule has 2 aliphatic heterocycles. The summed E-state index contributed by atoms with van der Waals surface area (Å²) in [6, 6.07) is 7.07. The number of hydrogen-bond acceptors (Lipinski definition) is 7. The van der Waals surface area contributed by atoms with E-state index in [4.69, 9.17) is 9.47 Å². The van der Waals surface area contributed by atoms with Crippen LogP contribution >= 0.6 is 27.3 Å². The lowest BCUT2D eigenvalue weighted by Crippen LogP contribution is -2.43. The summed E-state index contributed by atoms with van der Waals surface area (Å²) >= 11 is 4.83. The summed E-state index contributed by atoms with van der Waals surface area (Å²) in [7, 11) is 1.67. The Bertz CT molecular complexity index is 1070. The first-order chi connectivity index (χ1) is 14.5. The van der Waals surface area contributed by atoms with Crippen molar-refractivity contribution >= 4 is 44.1 Å². The van der Waals surface area contributed by atoms with Crippen LogP contribution in [0.1, 0.15) is 35.9 Å². The van der Waals surface area contributed by atoms with Crippen LogP contribution in [0.25, 0.3) is 0 Å². The molecule has 4 unspecified atom stereocenters. The molecule has 1 fully saturated rings. The van der Waals surface area contributed by atoms with Crippen molar-refractivity contribution in [3.8, 4) is 0 Å². The maximum absolute atomic E-state index is 13.6. The highest BCUT2D eigenvalue weighted by molar-refractivity contribution is 9.10. The number of Topliss-reactive ketones (excluding diaryl/α,β-unsaturated/α-hetero) is 1. The molecule has 9 heteroatoms. The van der Waals surface area contributed by atoms with Gasteiger partial charge in [0.1, 0.15) is 11.1 Å². The van der Waals surface area contributed by atoms with E-state index in [9.17, 15) is 9.59 Å². The number of nitrogens with zero attached hydrogens (tertiary/aromatic N) is 3. The number of fused-ring (bicyclic) bond motifs is 1. The van der Waals surface area contributed by atoms with Gasteiger partial charge in [-0.3, -0.25) is 14.5 Å². The second-order valence-corrected chi connectivity index (χ2v) is 9.85. The van der Waals surface area contributed by atoms with E-state index in [-0.39, 0.29) is 35.6 Å². The van der Waals surface area contributed by atoms with Gasteiger partial charge < -0.3 is 9.47 Å². The minimum Gasteiger partial charge on any atom is -0.483 e. The van der Waals surface area contributed by atoms with Crippen molar-refractivity contribution in [2.75, 3.05) is 12.0 Å². The number of hydrogen-bond donors (Lipinski definition) is 0. The summed E-state index contributed by atoms with van der Waals surface area (Å²) in [4.78, 5) is 28.7. The number of halogens is 1. The Balaban J connectivity index is 1.62. The monoisotopic (exact) mass is 489 g/mol. The summed E-state index contributed by atoms with van der Waals surface area (Å²) < 4.78 is 12.6. The van der Waals surface area contributed by atoms with Gasteiger partial charge in [-0.25, -0.2) is 0 Å². The van der Waals surface area contributed by atoms with Crippen LogP contribution in [0.3, 0.4) is 0 Å². The van der Waals surface area contributed by atoms with Gasteiger partial charge in [0.15, 0.2) is 11.5 Å². The largest absolute Gasteiger partial charge is 0.483 e. The number of anilines is 1. The van der Waals surface area contributed by atoms with Gasteiger partial charge in [0.05, 0.1) is 23.6 Å². The SMILES string of the molecule is COC1CCC2C(=O)C3=C(OC2C1)C(=O)N(c1nnc(C)s1)C3c1cccc(Br)c1. The Morgan fingerprint density at radius 1 is 1.27 bits per heavy atom. The van der Waals surface area contributed by atoms with Gasteiger partial charge in [-0.2, -0.15) is 0 Å². The molecule has 0 radical (unpaired) electrons. The lowest BCUT2D eigenvalue weighted by Gasteiger charge is -2.38. The Kier molecular flexibility index (Phi) is 4.99. The molecule has 1 aromatic carbocycles. The lowest BCUT2D eigenvalue weighted by atomic mass is 9.76. The second-order valence-electron chi connectivity index (χ2n) is 7.78. The van der Waals surface area contributed by atoms with Gasteiger partial charge in [-0.1, -0.05) is 39.4 Å². The highest BCUT2D eigenvalue weighted by Crippen LogP contribution is 2.49. The molecule has 1 aromatic heterocycles. The fourth-order valence-corrected chi connectivity index (χ4v) is 5.75.